The van der Waals surface area contributed by atoms with Crippen molar-refractivity contribution in [3.8, 4) is 0 Å². The first kappa shape index (κ1) is 21.4. The van der Waals surface area contributed by atoms with E-state index in [0.717, 1.165) is 15.8 Å². The molecular weight excluding hydrogens is 462 g/mol. The van der Waals surface area contributed by atoms with Crippen LogP contribution in [0.4, 0.5) is 0 Å². The number of amides is 2. The molecule has 0 unspecified atom stereocenters. The van der Waals surface area contributed by atoms with Crippen molar-refractivity contribution in [2.75, 3.05) is 13.2 Å². The molecule has 0 N–H and O–H groups in total. The molecule has 0 bridgehead atoms. The Morgan fingerprint density at radius 3 is 2.32 bits per heavy atom. The molecule has 1 heterocycles. The lowest BCUT2D eigenvalue weighted by Crippen LogP contribution is -2.37. The van der Waals surface area contributed by atoms with Gasteiger partial charge < -0.3 is 4.74 Å². The van der Waals surface area contributed by atoms with Gasteiger partial charge in [-0.3, -0.25) is 24.1 Å². The van der Waals surface area contributed by atoms with E-state index in [2.05, 4.69) is 15.9 Å². The molecule has 2 aliphatic rings. The predicted molar refractivity (Wildman–Crippen MR) is 116 cm³/mol. The minimum Gasteiger partial charge on any atom is -0.456 e. The zero-order valence-electron chi connectivity index (χ0n) is 16.8. The van der Waals surface area contributed by atoms with Gasteiger partial charge in [0.2, 0.25) is 11.8 Å². The lowest BCUT2D eigenvalue weighted by molar-refractivity contribution is -0.152. The number of benzene rings is 2. The van der Waals surface area contributed by atoms with E-state index in [1.807, 2.05) is 30.3 Å². The monoisotopic (exact) mass is 483 g/mol. The van der Waals surface area contributed by atoms with Gasteiger partial charge in [-0.25, -0.2) is 0 Å². The molecule has 6 nitrogen and oxygen atoms in total. The van der Waals surface area contributed by atoms with Crippen LogP contribution in [-0.4, -0.2) is 41.6 Å². The standard InChI is InChI=1S/C24H22BrNO5/c25-18-9-6-16(7-10-18)21(27)14-31-22(28)13-26-23(29)19-11-8-17(12-20(19)24(26)30)15-4-2-1-3-5-15/h1-7,9-10,17,19-20H,8,11-14H2/t17-,19-,20-/m1/s1. The number of nitrogens with zero attached hydrogens (tertiary/aromatic N) is 1. The highest BCUT2D eigenvalue weighted by molar-refractivity contribution is 9.10. The van der Waals surface area contributed by atoms with Crippen molar-refractivity contribution in [3.63, 3.8) is 0 Å². The quantitative estimate of drug-likeness (QED) is 0.355. The predicted octanol–water partition coefficient (Wildman–Crippen LogP) is 3.74. The van der Waals surface area contributed by atoms with Crippen molar-refractivity contribution in [3.05, 3.63) is 70.2 Å². The number of hydrogen-bond donors (Lipinski definition) is 0. The van der Waals surface area contributed by atoms with Crippen molar-refractivity contribution in [2.45, 2.75) is 25.2 Å². The molecule has 7 heteroatoms. The minimum atomic E-state index is -0.759. The summed E-state index contributed by atoms with van der Waals surface area (Å²) in [7, 11) is 0. The van der Waals surface area contributed by atoms with Crippen LogP contribution in [0.5, 0.6) is 0 Å². The summed E-state index contributed by atoms with van der Waals surface area (Å²) >= 11 is 3.29. The molecule has 0 radical (unpaired) electrons. The Balaban J connectivity index is 1.34. The molecule has 2 fully saturated rings. The van der Waals surface area contributed by atoms with Crippen LogP contribution in [0.25, 0.3) is 0 Å². The zero-order chi connectivity index (χ0) is 22.0. The number of imide groups is 1. The maximum Gasteiger partial charge on any atom is 0.326 e. The number of hydrogen-bond acceptors (Lipinski definition) is 5. The number of Topliss-reactive ketones (excluding diaryl/α,β-unsaturated/α-hetero) is 1. The number of ketones is 1. The molecule has 3 atom stereocenters. The number of likely N-dealkylation sites (tertiary alicyclic amines) is 1. The molecule has 2 amide bonds. The third kappa shape index (κ3) is 4.61. The molecule has 1 saturated heterocycles. The van der Waals surface area contributed by atoms with Gasteiger partial charge in [0.1, 0.15) is 6.54 Å². The third-order valence-corrected chi connectivity index (χ3v) is 6.63. The molecule has 31 heavy (non-hydrogen) atoms. The summed E-state index contributed by atoms with van der Waals surface area (Å²) in [4.78, 5) is 51.0. The second-order valence-corrected chi connectivity index (χ2v) is 8.90. The summed E-state index contributed by atoms with van der Waals surface area (Å²) in [5.41, 5.74) is 1.59. The maximum atomic E-state index is 12.9. The topological polar surface area (TPSA) is 80.8 Å². The van der Waals surface area contributed by atoms with E-state index in [9.17, 15) is 19.2 Å². The first-order valence-corrected chi connectivity index (χ1v) is 11.1. The number of carbonyl (C=O) groups excluding carboxylic acids is 4. The summed E-state index contributed by atoms with van der Waals surface area (Å²) in [6, 6.07) is 16.7. The van der Waals surface area contributed by atoms with Crippen LogP contribution in [0.15, 0.2) is 59.1 Å². The maximum absolute atomic E-state index is 12.9. The van der Waals surface area contributed by atoms with Crippen molar-refractivity contribution in [1.82, 2.24) is 4.90 Å². The Labute approximate surface area is 188 Å². The normalized spacial score (nSPS) is 22.9. The van der Waals surface area contributed by atoms with Crippen LogP contribution in [0, 0.1) is 11.8 Å². The van der Waals surface area contributed by atoms with Crippen LogP contribution < -0.4 is 0 Å². The molecule has 0 aromatic heterocycles. The summed E-state index contributed by atoms with van der Waals surface area (Å²) in [5.74, 6) is -2.27. The number of fused-ring (bicyclic) bond motifs is 1. The summed E-state index contributed by atoms with van der Waals surface area (Å²) in [6.07, 6.45) is 2.07. The zero-order valence-corrected chi connectivity index (χ0v) is 18.4. The van der Waals surface area contributed by atoms with E-state index in [0.29, 0.717) is 18.4 Å². The van der Waals surface area contributed by atoms with Gasteiger partial charge in [0, 0.05) is 10.0 Å². The summed E-state index contributed by atoms with van der Waals surface area (Å²) < 4.78 is 5.88. The number of ether oxygens (including phenoxy) is 1. The van der Waals surface area contributed by atoms with Gasteiger partial charge in [-0.05, 0) is 42.9 Å². The molecular formula is C24H22BrNO5. The van der Waals surface area contributed by atoms with Gasteiger partial charge in [0.15, 0.2) is 12.4 Å². The smallest absolute Gasteiger partial charge is 0.326 e. The van der Waals surface area contributed by atoms with E-state index in [1.54, 1.807) is 24.3 Å². The van der Waals surface area contributed by atoms with Crippen molar-refractivity contribution >= 4 is 39.5 Å². The van der Waals surface area contributed by atoms with Crippen molar-refractivity contribution < 1.29 is 23.9 Å². The number of carbonyl (C=O) groups is 4. The van der Waals surface area contributed by atoms with Gasteiger partial charge in [-0.15, -0.1) is 0 Å². The fraction of sp³-hybridized carbons (Fsp3) is 0.333. The molecule has 1 aliphatic carbocycles. The second kappa shape index (κ2) is 9.14. The van der Waals surface area contributed by atoms with E-state index >= 15 is 0 Å². The van der Waals surface area contributed by atoms with Gasteiger partial charge in [-0.1, -0.05) is 58.4 Å². The average molecular weight is 484 g/mol. The summed E-state index contributed by atoms with van der Waals surface area (Å²) in [5, 5.41) is 0. The first-order chi connectivity index (χ1) is 14.9. The Morgan fingerprint density at radius 1 is 0.935 bits per heavy atom. The molecule has 2 aromatic carbocycles. The van der Waals surface area contributed by atoms with Gasteiger partial charge >= 0.3 is 5.97 Å². The summed E-state index contributed by atoms with van der Waals surface area (Å²) in [6.45, 7) is -0.881. The van der Waals surface area contributed by atoms with E-state index in [1.165, 1.54) is 5.56 Å². The van der Waals surface area contributed by atoms with Crippen LogP contribution in [0.3, 0.4) is 0 Å². The van der Waals surface area contributed by atoms with E-state index in [4.69, 9.17) is 4.74 Å². The SMILES string of the molecule is O=C(CN1C(=O)[C@@H]2CC[C@@H](c3ccccc3)C[C@H]2C1=O)OCC(=O)c1ccc(Br)cc1. The molecule has 0 spiro atoms. The van der Waals surface area contributed by atoms with Gasteiger partial charge in [0.25, 0.3) is 0 Å². The van der Waals surface area contributed by atoms with E-state index < -0.39 is 25.0 Å². The first-order valence-electron chi connectivity index (χ1n) is 10.3. The number of esters is 1. The molecule has 160 valence electrons. The minimum absolute atomic E-state index is 0.231. The van der Waals surface area contributed by atoms with Crippen molar-refractivity contribution in [2.24, 2.45) is 11.8 Å². The Hall–Kier alpha value is -2.80. The number of rotatable bonds is 6. The fourth-order valence-corrected chi connectivity index (χ4v) is 4.74. The second-order valence-electron chi connectivity index (χ2n) is 7.99. The lowest BCUT2D eigenvalue weighted by Gasteiger charge is -2.28. The Kier molecular flexibility index (Phi) is 6.32. The molecule has 1 aliphatic heterocycles. The Bertz CT molecular complexity index is 1000. The lowest BCUT2D eigenvalue weighted by atomic mass is 9.73. The Morgan fingerprint density at radius 2 is 1.61 bits per heavy atom. The van der Waals surface area contributed by atoms with Crippen LogP contribution in [0.2, 0.25) is 0 Å². The molecule has 2 aromatic rings. The highest BCUT2D eigenvalue weighted by Crippen LogP contribution is 2.44. The van der Waals surface area contributed by atoms with Gasteiger partial charge in [0.05, 0.1) is 11.8 Å². The third-order valence-electron chi connectivity index (χ3n) is 6.11. The van der Waals surface area contributed by atoms with Crippen LogP contribution in [0.1, 0.15) is 41.1 Å². The average Bonchev–Trinajstić information content (AvgIpc) is 3.03. The van der Waals surface area contributed by atoms with E-state index in [-0.39, 0.29) is 29.4 Å². The highest BCUT2D eigenvalue weighted by Gasteiger charge is 2.50. The van der Waals surface area contributed by atoms with Crippen LogP contribution in [-0.2, 0) is 19.1 Å². The van der Waals surface area contributed by atoms with Crippen LogP contribution >= 0.6 is 15.9 Å². The fourth-order valence-electron chi connectivity index (χ4n) is 4.47. The highest BCUT2D eigenvalue weighted by atomic mass is 79.9. The number of halogens is 1. The molecule has 1 saturated carbocycles. The largest absolute Gasteiger partial charge is 0.456 e. The molecule has 4 rings (SSSR count). The van der Waals surface area contributed by atoms with Crippen molar-refractivity contribution in [1.29, 1.82) is 0 Å². The van der Waals surface area contributed by atoms with Gasteiger partial charge in [-0.2, -0.15) is 0 Å².